The molecule has 5 heteroatoms. The second kappa shape index (κ2) is 7.66. The van der Waals surface area contributed by atoms with Crippen molar-refractivity contribution in [2.45, 2.75) is 19.8 Å². The smallest absolute Gasteiger partial charge is 0.303 e. The number of hydrogen-bond donors (Lipinski definition) is 2. The topological polar surface area (TPSA) is 66.4 Å². The number of carbonyl (C=O) groups excluding carboxylic acids is 1. The Labute approximate surface area is 110 Å². The Hall–Kier alpha value is -1.62. The standard InChI is InChI=1S/C13H17NO3S/c1-2-10(8-13(16)17)9-14-12(15)6-5-11-4-3-7-18-11/h3-7,10H,2,8-9H2,1H3,(H,14,15)(H,16,17)/b6-5+. The Balaban J connectivity index is 2.33. The molecule has 0 aliphatic rings. The van der Waals surface area contributed by atoms with Gasteiger partial charge in [-0.3, -0.25) is 9.59 Å². The predicted molar refractivity (Wildman–Crippen MR) is 72.4 cm³/mol. The zero-order valence-electron chi connectivity index (χ0n) is 10.3. The van der Waals surface area contributed by atoms with Crippen LogP contribution in [-0.4, -0.2) is 23.5 Å². The van der Waals surface area contributed by atoms with Crippen LogP contribution in [0.25, 0.3) is 6.08 Å². The molecule has 1 unspecified atom stereocenters. The summed E-state index contributed by atoms with van der Waals surface area (Å²) in [5.74, 6) is -1.03. The number of carboxylic acid groups (broad SMARTS) is 1. The molecule has 0 spiro atoms. The van der Waals surface area contributed by atoms with Crippen LogP contribution >= 0.6 is 11.3 Å². The van der Waals surface area contributed by atoms with E-state index in [2.05, 4.69) is 5.32 Å². The van der Waals surface area contributed by atoms with Gasteiger partial charge in [0.15, 0.2) is 0 Å². The Kier molecular flexibility index (Phi) is 6.14. The van der Waals surface area contributed by atoms with Crippen LogP contribution in [0, 0.1) is 5.92 Å². The molecule has 98 valence electrons. The molecule has 1 rings (SSSR count). The summed E-state index contributed by atoms with van der Waals surface area (Å²) in [4.78, 5) is 23.1. The number of hydrogen-bond acceptors (Lipinski definition) is 3. The van der Waals surface area contributed by atoms with Crippen LogP contribution in [0.4, 0.5) is 0 Å². The Morgan fingerprint density at radius 2 is 2.33 bits per heavy atom. The molecule has 1 amide bonds. The lowest BCUT2D eigenvalue weighted by atomic mass is 10.0. The zero-order chi connectivity index (χ0) is 13.4. The van der Waals surface area contributed by atoms with Crippen LogP contribution in [-0.2, 0) is 9.59 Å². The third-order valence-electron chi connectivity index (χ3n) is 2.55. The number of aliphatic carboxylic acids is 1. The number of rotatable bonds is 7. The van der Waals surface area contributed by atoms with Crippen molar-refractivity contribution in [2.24, 2.45) is 5.92 Å². The highest BCUT2D eigenvalue weighted by Crippen LogP contribution is 2.10. The first-order valence-electron chi connectivity index (χ1n) is 5.83. The maximum atomic E-state index is 11.5. The average molecular weight is 267 g/mol. The van der Waals surface area contributed by atoms with E-state index in [1.54, 1.807) is 17.4 Å². The number of nitrogens with one attached hydrogen (secondary N) is 1. The van der Waals surface area contributed by atoms with Crippen LogP contribution in [0.1, 0.15) is 24.6 Å². The molecule has 4 nitrogen and oxygen atoms in total. The summed E-state index contributed by atoms with van der Waals surface area (Å²) in [6.07, 6.45) is 4.05. The van der Waals surface area contributed by atoms with E-state index >= 15 is 0 Å². The van der Waals surface area contributed by atoms with Gasteiger partial charge in [0.25, 0.3) is 0 Å². The summed E-state index contributed by atoms with van der Waals surface area (Å²) in [6, 6.07) is 3.84. The molecule has 1 heterocycles. The fourth-order valence-corrected chi connectivity index (χ4v) is 2.07. The van der Waals surface area contributed by atoms with Crippen LogP contribution < -0.4 is 5.32 Å². The van der Waals surface area contributed by atoms with E-state index in [-0.39, 0.29) is 18.2 Å². The van der Waals surface area contributed by atoms with Crippen molar-refractivity contribution in [3.8, 4) is 0 Å². The summed E-state index contributed by atoms with van der Waals surface area (Å²) < 4.78 is 0. The van der Waals surface area contributed by atoms with Gasteiger partial charge < -0.3 is 10.4 Å². The fourth-order valence-electron chi connectivity index (χ4n) is 1.46. The summed E-state index contributed by atoms with van der Waals surface area (Å²) in [7, 11) is 0. The highest BCUT2D eigenvalue weighted by Gasteiger charge is 2.11. The monoisotopic (exact) mass is 267 g/mol. The first-order chi connectivity index (χ1) is 8.61. The molecule has 0 bridgehead atoms. The third kappa shape index (κ3) is 5.63. The van der Waals surface area contributed by atoms with E-state index in [1.165, 1.54) is 6.08 Å². The van der Waals surface area contributed by atoms with E-state index in [9.17, 15) is 9.59 Å². The highest BCUT2D eigenvalue weighted by atomic mass is 32.1. The molecule has 2 N–H and O–H groups in total. The molecule has 0 fully saturated rings. The van der Waals surface area contributed by atoms with Gasteiger partial charge in [-0.25, -0.2) is 0 Å². The van der Waals surface area contributed by atoms with Gasteiger partial charge in [0.2, 0.25) is 5.91 Å². The first kappa shape index (κ1) is 14.4. The van der Waals surface area contributed by atoms with Gasteiger partial charge in [-0.05, 0) is 23.4 Å². The molecule has 0 saturated carbocycles. The largest absolute Gasteiger partial charge is 0.481 e. The number of thiophene rings is 1. The summed E-state index contributed by atoms with van der Waals surface area (Å²) in [5.41, 5.74) is 0. The second-order valence-electron chi connectivity index (χ2n) is 3.97. The number of carbonyl (C=O) groups is 2. The molecule has 18 heavy (non-hydrogen) atoms. The molecule has 0 radical (unpaired) electrons. The molecular formula is C13H17NO3S. The predicted octanol–water partition coefficient (Wildman–Crippen LogP) is 2.38. The van der Waals surface area contributed by atoms with E-state index in [4.69, 9.17) is 5.11 Å². The van der Waals surface area contributed by atoms with Gasteiger partial charge in [-0.2, -0.15) is 0 Å². The molecule has 0 aliphatic heterocycles. The lowest BCUT2D eigenvalue weighted by Gasteiger charge is -2.12. The molecular weight excluding hydrogens is 250 g/mol. The molecule has 0 aliphatic carbocycles. The fraction of sp³-hybridized carbons (Fsp3) is 0.385. The second-order valence-corrected chi connectivity index (χ2v) is 4.95. The molecule has 1 aromatic rings. The maximum Gasteiger partial charge on any atom is 0.303 e. The van der Waals surface area contributed by atoms with Crippen LogP contribution in [0.5, 0.6) is 0 Å². The van der Waals surface area contributed by atoms with Crippen molar-refractivity contribution in [2.75, 3.05) is 6.54 Å². The first-order valence-corrected chi connectivity index (χ1v) is 6.71. The van der Waals surface area contributed by atoms with Gasteiger partial charge >= 0.3 is 5.97 Å². The summed E-state index contributed by atoms with van der Waals surface area (Å²) >= 11 is 1.56. The molecule has 0 aromatic carbocycles. The molecule has 1 aromatic heterocycles. The highest BCUT2D eigenvalue weighted by molar-refractivity contribution is 7.10. The van der Waals surface area contributed by atoms with Crippen molar-refractivity contribution in [3.05, 3.63) is 28.5 Å². The maximum absolute atomic E-state index is 11.5. The molecule has 0 saturated heterocycles. The van der Waals surface area contributed by atoms with Crippen molar-refractivity contribution >= 4 is 29.3 Å². The molecule has 1 atom stereocenters. The third-order valence-corrected chi connectivity index (χ3v) is 3.39. The van der Waals surface area contributed by atoms with Gasteiger partial charge in [-0.1, -0.05) is 19.4 Å². The van der Waals surface area contributed by atoms with Crippen LogP contribution in [0.2, 0.25) is 0 Å². The van der Waals surface area contributed by atoms with Gasteiger partial charge in [0, 0.05) is 23.9 Å². The lowest BCUT2D eigenvalue weighted by Crippen LogP contribution is -2.28. The lowest BCUT2D eigenvalue weighted by molar-refractivity contribution is -0.138. The minimum atomic E-state index is -0.828. The average Bonchev–Trinajstić information content (AvgIpc) is 2.84. The minimum Gasteiger partial charge on any atom is -0.481 e. The number of amides is 1. The minimum absolute atomic E-state index is 0.0124. The van der Waals surface area contributed by atoms with Crippen LogP contribution in [0.3, 0.4) is 0 Å². The Bertz CT molecular complexity index is 412. The number of carboxylic acids is 1. The van der Waals surface area contributed by atoms with E-state index < -0.39 is 5.97 Å². The van der Waals surface area contributed by atoms with Crippen molar-refractivity contribution in [3.63, 3.8) is 0 Å². The summed E-state index contributed by atoms with van der Waals surface area (Å²) in [6.45, 7) is 2.32. The van der Waals surface area contributed by atoms with Gasteiger partial charge in [0.1, 0.15) is 0 Å². The Morgan fingerprint density at radius 1 is 1.56 bits per heavy atom. The zero-order valence-corrected chi connectivity index (χ0v) is 11.1. The van der Waals surface area contributed by atoms with Crippen molar-refractivity contribution < 1.29 is 14.7 Å². The van der Waals surface area contributed by atoms with Crippen LogP contribution in [0.15, 0.2) is 23.6 Å². The van der Waals surface area contributed by atoms with Gasteiger partial charge in [-0.15, -0.1) is 11.3 Å². The van der Waals surface area contributed by atoms with Crippen molar-refractivity contribution in [1.29, 1.82) is 0 Å². The van der Waals surface area contributed by atoms with Crippen molar-refractivity contribution in [1.82, 2.24) is 5.32 Å². The summed E-state index contributed by atoms with van der Waals surface area (Å²) in [5, 5.41) is 13.3. The normalized spacial score (nSPS) is 12.5. The van der Waals surface area contributed by atoms with E-state index in [1.807, 2.05) is 24.4 Å². The quantitative estimate of drug-likeness (QED) is 0.745. The van der Waals surface area contributed by atoms with E-state index in [0.717, 1.165) is 11.3 Å². The SMILES string of the molecule is CCC(CNC(=O)/C=C/c1cccs1)CC(=O)O. The Morgan fingerprint density at radius 3 is 2.89 bits per heavy atom. The van der Waals surface area contributed by atoms with Gasteiger partial charge in [0.05, 0.1) is 0 Å². The van der Waals surface area contributed by atoms with E-state index in [0.29, 0.717) is 6.54 Å².